The highest BCUT2D eigenvalue weighted by Gasteiger charge is 2.16. The summed E-state index contributed by atoms with van der Waals surface area (Å²) in [6, 6.07) is 10.2. The summed E-state index contributed by atoms with van der Waals surface area (Å²) in [6.07, 6.45) is 4.34. The van der Waals surface area contributed by atoms with Gasteiger partial charge in [0.05, 0.1) is 18.0 Å². The first-order valence-electron chi connectivity index (χ1n) is 9.44. The number of piperidine rings is 1. The third kappa shape index (κ3) is 4.26. The molecule has 1 fully saturated rings. The largest absolute Gasteiger partial charge is 0.393 e. The predicted molar refractivity (Wildman–Crippen MR) is 103 cm³/mol. The molecule has 6 nitrogen and oxygen atoms in total. The van der Waals surface area contributed by atoms with E-state index in [4.69, 9.17) is 0 Å². The van der Waals surface area contributed by atoms with Crippen molar-refractivity contribution < 1.29 is 9.50 Å². The fourth-order valence-corrected chi connectivity index (χ4v) is 3.47. The Labute approximate surface area is 157 Å². The lowest BCUT2D eigenvalue weighted by Crippen LogP contribution is -2.36. The minimum Gasteiger partial charge on any atom is -0.393 e. The number of rotatable bonds is 6. The van der Waals surface area contributed by atoms with Crippen LogP contribution < -0.4 is 5.32 Å². The maximum atomic E-state index is 13.2. The molecule has 2 N–H and O–H groups in total. The van der Waals surface area contributed by atoms with Crippen LogP contribution in [-0.4, -0.2) is 56.9 Å². The normalized spacial score (nSPS) is 16.1. The SMILES string of the molecule is OC1CCN(CCCNc2cc(-c3ccc(F)cc3)nc3ccnn23)CC1. The molecule has 0 unspecified atom stereocenters. The summed E-state index contributed by atoms with van der Waals surface area (Å²) < 4.78 is 15.0. The van der Waals surface area contributed by atoms with Gasteiger partial charge in [-0.05, 0) is 50.1 Å². The number of hydrogen-bond donors (Lipinski definition) is 2. The maximum absolute atomic E-state index is 13.2. The first-order valence-corrected chi connectivity index (χ1v) is 9.44. The topological polar surface area (TPSA) is 65.7 Å². The molecule has 3 aromatic rings. The molecule has 0 aliphatic carbocycles. The van der Waals surface area contributed by atoms with Crippen molar-refractivity contribution in [2.45, 2.75) is 25.4 Å². The van der Waals surface area contributed by atoms with Gasteiger partial charge < -0.3 is 15.3 Å². The van der Waals surface area contributed by atoms with Gasteiger partial charge in [0.1, 0.15) is 11.6 Å². The lowest BCUT2D eigenvalue weighted by molar-refractivity contribution is 0.0825. The van der Waals surface area contributed by atoms with E-state index < -0.39 is 0 Å². The Hall–Kier alpha value is -2.51. The summed E-state index contributed by atoms with van der Waals surface area (Å²) in [5.41, 5.74) is 2.41. The molecule has 4 rings (SSSR count). The second-order valence-corrected chi connectivity index (χ2v) is 6.99. The van der Waals surface area contributed by atoms with E-state index in [1.165, 1.54) is 12.1 Å². The number of aliphatic hydroxyl groups is 1. The number of aromatic nitrogens is 3. The molecule has 0 spiro atoms. The van der Waals surface area contributed by atoms with Crippen molar-refractivity contribution in [3.8, 4) is 11.3 Å². The van der Waals surface area contributed by atoms with E-state index in [0.717, 1.165) is 68.2 Å². The number of benzene rings is 1. The van der Waals surface area contributed by atoms with Crippen molar-refractivity contribution in [3.63, 3.8) is 0 Å². The highest BCUT2D eigenvalue weighted by molar-refractivity contribution is 5.66. The molecule has 0 bridgehead atoms. The van der Waals surface area contributed by atoms with E-state index in [9.17, 15) is 9.50 Å². The van der Waals surface area contributed by atoms with Crippen LogP contribution in [0.4, 0.5) is 10.2 Å². The van der Waals surface area contributed by atoms with Crippen LogP contribution in [0.15, 0.2) is 42.6 Å². The standard InChI is InChI=1S/C20H24FN5O/c21-16-4-2-15(3-5-16)18-14-20(26-19(24-18)6-10-23-26)22-9-1-11-25-12-7-17(27)8-13-25/h2-6,10,14,17,22,27H,1,7-9,11-13H2. The van der Waals surface area contributed by atoms with Gasteiger partial charge in [0.2, 0.25) is 0 Å². The molecule has 0 radical (unpaired) electrons. The zero-order valence-corrected chi connectivity index (χ0v) is 15.2. The quantitative estimate of drug-likeness (QED) is 0.654. The number of likely N-dealkylation sites (tertiary alicyclic amines) is 1. The Morgan fingerprint density at radius 3 is 2.70 bits per heavy atom. The van der Waals surface area contributed by atoms with Crippen molar-refractivity contribution in [3.05, 3.63) is 48.4 Å². The zero-order chi connectivity index (χ0) is 18.6. The smallest absolute Gasteiger partial charge is 0.157 e. The average molecular weight is 369 g/mol. The fraction of sp³-hybridized carbons (Fsp3) is 0.400. The van der Waals surface area contributed by atoms with E-state index in [1.54, 1.807) is 22.8 Å². The van der Waals surface area contributed by atoms with Gasteiger partial charge in [-0.3, -0.25) is 0 Å². The van der Waals surface area contributed by atoms with Crippen LogP contribution in [0, 0.1) is 5.82 Å². The number of aliphatic hydroxyl groups excluding tert-OH is 1. The minimum absolute atomic E-state index is 0.130. The molecule has 142 valence electrons. The van der Waals surface area contributed by atoms with E-state index in [2.05, 4.69) is 20.3 Å². The van der Waals surface area contributed by atoms with Gasteiger partial charge >= 0.3 is 0 Å². The summed E-state index contributed by atoms with van der Waals surface area (Å²) in [6.45, 7) is 3.77. The van der Waals surface area contributed by atoms with Gasteiger partial charge in [-0.15, -0.1) is 0 Å². The minimum atomic E-state index is -0.257. The second kappa shape index (κ2) is 8.02. The second-order valence-electron chi connectivity index (χ2n) is 6.99. The van der Waals surface area contributed by atoms with E-state index in [1.807, 2.05) is 12.1 Å². The number of halogens is 1. The van der Waals surface area contributed by atoms with Gasteiger partial charge in [-0.1, -0.05) is 0 Å². The van der Waals surface area contributed by atoms with E-state index in [0.29, 0.717) is 0 Å². The van der Waals surface area contributed by atoms with Gasteiger partial charge in [0.25, 0.3) is 0 Å². The lowest BCUT2D eigenvalue weighted by Gasteiger charge is -2.29. The molecule has 7 heteroatoms. The van der Waals surface area contributed by atoms with Crippen LogP contribution in [0.5, 0.6) is 0 Å². The van der Waals surface area contributed by atoms with Crippen molar-refractivity contribution in [2.75, 3.05) is 31.5 Å². The third-order valence-corrected chi connectivity index (χ3v) is 5.01. The summed E-state index contributed by atoms with van der Waals surface area (Å²) in [4.78, 5) is 7.01. The van der Waals surface area contributed by atoms with Crippen molar-refractivity contribution in [2.24, 2.45) is 0 Å². The Bertz CT molecular complexity index is 887. The first kappa shape index (κ1) is 17.9. The van der Waals surface area contributed by atoms with Crippen molar-refractivity contribution in [1.29, 1.82) is 0 Å². The van der Waals surface area contributed by atoms with Crippen LogP contribution in [0.2, 0.25) is 0 Å². The van der Waals surface area contributed by atoms with Crippen molar-refractivity contribution >= 4 is 11.5 Å². The highest BCUT2D eigenvalue weighted by atomic mass is 19.1. The Kier molecular flexibility index (Phi) is 5.31. The van der Waals surface area contributed by atoms with Crippen molar-refractivity contribution in [1.82, 2.24) is 19.5 Å². The molecule has 1 aromatic carbocycles. The molecule has 27 heavy (non-hydrogen) atoms. The number of nitrogens with zero attached hydrogens (tertiary/aromatic N) is 4. The molecular weight excluding hydrogens is 345 g/mol. The Balaban J connectivity index is 1.43. The fourth-order valence-electron chi connectivity index (χ4n) is 3.47. The van der Waals surface area contributed by atoms with Gasteiger partial charge in [0, 0.05) is 37.3 Å². The van der Waals surface area contributed by atoms with E-state index >= 15 is 0 Å². The highest BCUT2D eigenvalue weighted by Crippen LogP contribution is 2.22. The van der Waals surface area contributed by atoms with Gasteiger partial charge in [0.15, 0.2) is 5.65 Å². The Morgan fingerprint density at radius 2 is 1.93 bits per heavy atom. The summed E-state index contributed by atoms with van der Waals surface area (Å²) >= 11 is 0. The maximum Gasteiger partial charge on any atom is 0.157 e. The molecular formula is C20H24FN5O. The molecule has 3 heterocycles. The molecule has 0 saturated carbocycles. The van der Waals surface area contributed by atoms with Gasteiger partial charge in [-0.2, -0.15) is 9.61 Å². The number of hydrogen-bond acceptors (Lipinski definition) is 5. The molecule has 2 aromatic heterocycles. The molecule has 1 aliphatic rings. The molecule has 1 aliphatic heterocycles. The number of nitrogens with one attached hydrogen (secondary N) is 1. The van der Waals surface area contributed by atoms with E-state index in [-0.39, 0.29) is 11.9 Å². The van der Waals surface area contributed by atoms with Crippen LogP contribution in [-0.2, 0) is 0 Å². The van der Waals surface area contributed by atoms with Crippen LogP contribution in [0.3, 0.4) is 0 Å². The summed E-state index contributed by atoms with van der Waals surface area (Å²) in [7, 11) is 0. The molecule has 0 atom stereocenters. The summed E-state index contributed by atoms with van der Waals surface area (Å²) in [5.74, 6) is 0.617. The lowest BCUT2D eigenvalue weighted by atomic mass is 10.1. The van der Waals surface area contributed by atoms with Crippen LogP contribution >= 0.6 is 0 Å². The summed E-state index contributed by atoms with van der Waals surface area (Å²) in [5, 5.41) is 17.4. The Morgan fingerprint density at radius 1 is 1.15 bits per heavy atom. The van der Waals surface area contributed by atoms with Gasteiger partial charge in [-0.25, -0.2) is 9.37 Å². The zero-order valence-electron chi connectivity index (χ0n) is 15.2. The van der Waals surface area contributed by atoms with Crippen LogP contribution in [0.25, 0.3) is 16.9 Å². The number of anilines is 1. The number of fused-ring (bicyclic) bond motifs is 1. The third-order valence-electron chi connectivity index (χ3n) is 5.01. The molecule has 1 saturated heterocycles. The predicted octanol–water partition coefficient (Wildman–Crippen LogP) is 2.79. The average Bonchev–Trinajstić information content (AvgIpc) is 3.16. The molecule has 0 amide bonds. The first-order chi connectivity index (χ1) is 13.2. The van der Waals surface area contributed by atoms with Crippen LogP contribution in [0.1, 0.15) is 19.3 Å². The monoisotopic (exact) mass is 369 g/mol.